The van der Waals surface area contributed by atoms with Crippen molar-refractivity contribution in [2.45, 2.75) is 44.8 Å². The minimum atomic E-state index is -3.02. The Balaban J connectivity index is 0.000000201. The number of carbonyl (C=O) groups excluding carboxylic acids is 2. The Kier molecular flexibility index (Phi) is 9.86. The van der Waals surface area contributed by atoms with Gasteiger partial charge in [-0.1, -0.05) is 28.3 Å². The van der Waals surface area contributed by atoms with E-state index in [1.807, 2.05) is 4.90 Å². The lowest BCUT2D eigenvalue weighted by Crippen LogP contribution is -2.34. The highest BCUT2D eigenvalue weighted by Crippen LogP contribution is 2.38. The number of hydrogen-bond donors (Lipinski definition) is 2. The Morgan fingerprint density at radius 1 is 1.17 bits per heavy atom. The van der Waals surface area contributed by atoms with Crippen molar-refractivity contribution in [1.29, 1.82) is 0 Å². The summed E-state index contributed by atoms with van der Waals surface area (Å²) >= 11 is 0. The number of hydrogen-bond acceptors (Lipinski definition) is 7. The first-order valence-electron chi connectivity index (χ1n) is 13.4. The molecule has 1 aromatic carbocycles. The van der Waals surface area contributed by atoms with Crippen LogP contribution in [0.3, 0.4) is 0 Å². The number of nitrogens with zero attached hydrogens (tertiary/aromatic N) is 4. The fourth-order valence-corrected chi connectivity index (χ4v) is 5.17. The summed E-state index contributed by atoms with van der Waals surface area (Å²) in [7, 11) is 1.50. The first-order chi connectivity index (χ1) is 19.5. The van der Waals surface area contributed by atoms with Crippen molar-refractivity contribution in [3.63, 3.8) is 0 Å². The molecule has 0 spiro atoms. The molecule has 2 aromatic heterocycles. The Morgan fingerprint density at radius 3 is 2.59 bits per heavy atom. The number of nitrogens with one attached hydrogen (secondary N) is 2. The molecule has 4 heterocycles. The van der Waals surface area contributed by atoms with Crippen LogP contribution in [0.25, 0.3) is 0 Å². The highest BCUT2D eigenvalue weighted by atomic mass is 31.0. The maximum Gasteiger partial charge on any atom is 0.303 e. The van der Waals surface area contributed by atoms with Gasteiger partial charge in [0.05, 0.1) is 17.4 Å². The van der Waals surface area contributed by atoms with Crippen LogP contribution in [-0.2, 0) is 10.5 Å². The summed E-state index contributed by atoms with van der Waals surface area (Å²) in [6.45, 7) is 6.37. The number of anilines is 3. The Bertz CT molecular complexity index is 1330. The zero-order valence-electron chi connectivity index (χ0n) is 22.9. The highest BCUT2D eigenvalue weighted by molar-refractivity contribution is 7.17. The molecular formula is C28H34F3N6O3P. The molecule has 2 saturated heterocycles. The van der Waals surface area contributed by atoms with E-state index in [0.717, 1.165) is 25.9 Å². The first-order valence-corrected chi connectivity index (χ1v) is 14.0. The van der Waals surface area contributed by atoms with Gasteiger partial charge in [0.15, 0.2) is 5.69 Å². The maximum absolute atomic E-state index is 13.7. The van der Waals surface area contributed by atoms with Crippen LogP contribution in [0.1, 0.15) is 48.0 Å². The van der Waals surface area contributed by atoms with Gasteiger partial charge in [-0.2, -0.15) is 13.8 Å². The predicted octanol–water partition coefficient (Wildman–Crippen LogP) is 5.26. The van der Waals surface area contributed by atoms with E-state index in [9.17, 15) is 22.8 Å². The summed E-state index contributed by atoms with van der Waals surface area (Å²) in [6, 6.07) is 9.88. The number of halogens is 3. The fraction of sp³-hybridized carbons (Fsp3) is 0.429. The number of amides is 2. The van der Waals surface area contributed by atoms with E-state index in [2.05, 4.69) is 27.5 Å². The standard InChI is InChI=1S/C17H17FN4O2.C11H17F2N2OP/c18-15-4-2-1-3-14(15)17(24)22-8-7-13(10-22)21-16-6-5-12(9-19-16)20-11-23;1-7-4-3-5-15(6-7)10-14-9(8(2)16-10)11(12,13)17/h1-6,9,11,13H,7-8,10H2,(H,19,21)(H,20,23);7H,3-6,17H2,1-2H3. The van der Waals surface area contributed by atoms with Crippen molar-refractivity contribution in [2.75, 3.05) is 41.7 Å². The van der Waals surface area contributed by atoms with Crippen molar-refractivity contribution < 1.29 is 27.2 Å². The topological polar surface area (TPSA) is 104 Å². The average molecular weight is 591 g/mol. The predicted molar refractivity (Wildman–Crippen MR) is 154 cm³/mol. The number of likely N-dealkylation sites (tertiary alicyclic amines) is 1. The van der Waals surface area contributed by atoms with Crippen molar-refractivity contribution in [3.05, 3.63) is 65.4 Å². The molecule has 9 nitrogen and oxygen atoms in total. The molecule has 41 heavy (non-hydrogen) atoms. The molecule has 2 aliphatic rings. The van der Waals surface area contributed by atoms with Gasteiger partial charge in [-0.15, -0.1) is 0 Å². The zero-order valence-corrected chi connectivity index (χ0v) is 24.1. The number of benzene rings is 1. The monoisotopic (exact) mass is 590 g/mol. The van der Waals surface area contributed by atoms with E-state index >= 15 is 0 Å². The van der Waals surface area contributed by atoms with Crippen molar-refractivity contribution in [1.82, 2.24) is 14.9 Å². The first kappa shape index (κ1) is 30.3. The number of oxazole rings is 1. The van der Waals surface area contributed by atoms with E-state index in [1.54, 1.807) is 35.4 Å². The van der Waals surface area contributed by atoms with Crippen LogP contribution in [0.4, 0.5) is 30.7 Å². The number of alkyl halides is 2. The minimum Gasteiger partial charge on any atom is -0.428 e. The van der Waals surface area contributed by atoms with Crippen LogP contribution in [0, 0.1) is 18.7 Å². The molecule has 220 valence electrons. The maximum atomic E-state index is 13.7. The molecule has 0 aliphatic carbocycles. The summed E-state index contributed by atoms with van der Waals surface area (Å²) in [5.41, 5.74) is -2.60. The summed E-state index contributed by atoms with van der Waals surface area (Å²) in [5.74, 6) is 0.612. The lowest BCUT2D eigenvalue weighted by Gasteiger charge is -2.29. The number of carbonyl (C=O) groups is 2. The van der Waals surface area contributed by atoms with Crippen LogP contribution in [0.5, 0.6) is 0 Å². The van der Waals surface area contributed by atoms with Crippen molar-refractivity contribution in [2.24, 2.45) is 5.92 Å². The normalized spacial score (nSPS) is 18.9. The molecule has 3 unspecified atom stereocenters. The third-order valence-corrected chi connectivity index (χ3v) is 7.22. The number of aromatic nitrogens is 2. The molecular weight excluding hydrogens is 556 g/mol. The average Bonchev–Trinajstić information content (AvgIpc) is 3.57. The molecule has 0 radical (unpaired) electrons. The molecule has 0 bridgehead atoms. The zero-order chi connectivity index (χ0) is 29.6. The minimum absolute atomic E-state index is 0.0538. The van der Waals surface area contributed by atoms with Gasteiger partial charge in [-0.25, -0.2) is 9.37 Å². The second-order valence-electron chi connectivity index (χ2n) is 10.3. The third kappa shape index (κ3) is 7.97. The third-order valence-electron chi connectivity index (χ3n) is 6.95. The smallest absolute Gasteiger partial charge is 0.303 e. The second-order valence-corrected chi connectivity index (χ2v) is 11.0. The molecule has 3 aromatic rings. The summed E-state index contributed by atoms with van der Waals surface area (Å²) in [4.78, 5) is 34.5. The van der Waals surface area contributed by atoms with E-state index < -0.39 is 11.5 Å². The molecule has 2 fully saturated rings. The van der Waals surface area contributed by atoms with Gasteiger partial charge >= 0.3 is 5.66 Å². The Hall–Kier alpha value is -3.66. The largest absolute Gasteiger partial charge is 0.428 e. The Morgan fingerprint density at radius 2 is 1.95 bits per heavy atom. The molecule has 13 heteroatoms. The van der Waals surface area contributed by atoms with E-state index in [1.165, 1.54) is 34.7 Å². The van der Waals surface area contributed by atoms with Crippen LogP contribution >= 0.6 is 9.24 Å². The van der Waals surface area contributed by atoms with Gasteiger partial charge < -0.3 is 24.9 Å². The molecule has 2 amide bonds. The summed E-state index contributed by atoms with van der Waals surface area (Å²) < 4.78 is 45.5. The number of pyridine rings is 1. The van der Waals surface area contributed by atoms with Crippen molar-refractivity contribution in [3.8, 4) is 0 Å². The number of rotatable bonds is 7. The fourth-order valence-electron chi connectivity index (χ4n) is 4.90. The second kappa shape index (κ2) is 13.3. The summed E-state index contributed by atoms with van der Waals surface area (Å²) in [5, 5.41) is 5.76. The van der Waals surface area contributed by atoms with E-state index in [4.69, 9.17) is 4.42 Å². The van der Waals surface area contributed by atoms with Gasteiger partial charge in [0.25, 0.3) is 11.9 Å². The Labute approximate surface area is 239 Å². The molecule has 5 rings (SSSR count). The van der Waals surface area contributed by atoms with Gasteiger partial charge in [0.1, 0.15) is 17.4 Å². The SMILES string of the molecule is Cc1oc(N2CCCC(C)C2)nc1C(F)(F)P.O=CNc1ccc(NC2CCN(C(=O)c3ccccc3F)C2)nc1. The molecule has 2 aliphatic heterocycles. The van der Waals surface area contributed by atoms with Gasteiger partial charge in [0.2, 0.25) is 6.41 Å². The lowest BCUT2D eigenvalue weighted by molar-refractivity contribution is -0.105. The van der Waals surface area contributed by atoms with E-state index in [-0.39, 0.29) is 29.0 Å². The van der Waals surface area contributed by atoms with Gasteiger partial charge in [-0.3, -0.25) is 9.59 Å². The van der Waals surface area contributed by atoms with Crippen LogP contribution < -0.4 is 15.5 Å². The molecule has 0 saturated carbocycles. The van der Waals surface area contributed by atoms with Gasteiger partial charge in [0, 0.05) is 32.2 Å². The molecule has 3 atom stereocenters. The van der Waals surface area contributed by atoms with E-state index in [0.29, 0.717) is 42.9 Å². The van der Waals surface area contributed by atoms with Gasteiger partial charge in [-0.05, 0) is 56.4 Å². The van der Waals surface area contributed by atoms with Crippen LogP contribution in [0.15, 0.2) is 47.0 Å². The lowest BCUT2D eigenvalue weighted by atomic mass is 10.0. The van der Waals surface area contributed by atoms with Crippen LogP contribution in [-0.4, -0.2) is 59.4 Å². The quantitative estimate of drug-likeness (QED) is 0.286. The molecule has 2 N–H and O–H groups in total. The van der Waals surface area contributed by atoms with Crippen molar-refractivity contribution >= 4 is 39.1 Å². The number of aryl methyl sites for hydroxylation is 1. The van der Waals surface area contributed by atoms with Crippen LogP contribution in [0.2, 0.25) is 0 Å². The summed E-state index contributed by atoms with van der Waals surface area (Å²) in [6.07, 6.45) is 5.12. The highest BCUT2D eigenvalue weighted by Gasteiger charge is 2.33. The number of piperidine rings is 1.